The maximum absolute atomic E-state index is 13.9. The van der Waals surface area contributed by atoms with E-state index < -0.39 is 17.7 Å². The van der Waals surface area contributed by atoms with Gasteiger partial charge in [-0.15, -0.1) is 0 Å². The Labute approximate surface area is 245 Å². The molecule has 2 aliphatic heterocycles. The van der Waals surface area contributed by atoms with Crippen molar-refractivity contribution in [1.82, 2.24) is 15.1 Å². The summed E-state index contributed by atoms with van der Waals surface area (Å²) in [5.41, 5.74) is 3.36. The van der Waals surface area contributed by atoms with Gasteiger partial charge in [0.25, 0.3) is 0 Å². The fourth-order valence-electron chi connectivity index (χ4n) is 7.80. The van der Waals surface area contributed by atoms with Crippen molar-refractivity contribution in [2.75, 3.05) is 19.6 Å². The molecule has 220 valence electrons. The highest BCUT2D eigenvalue weighted by Crippen LogP contribution is 2.54. The fraction of sp³-hybridized carbons (Fsp3) is 0.600. The van der Waals surface area contributed by atoms with Crippen LogP contribution in [0.3, 0.4) is 0 Å². The molecule has 41 heavy (non-hydrogen) atoms. The van der Waals surface area contributed by atoms with Gasteiger partial charge in [0.2, 0.25) is 11.8 Å². The third-order valence-corrected chi connectivity index (χ3v) is 10.5. The normalized spacial score (nSPS) is 27.6. The quantitative estimate of drug-likeness (QED) is 0.435. The minimum Gasteiger partial charge on any atom is -0.390 e. The van der Waals surface area contributed by atoms with Crippen molar-refractivity contribution in [1.29, 1.82) is 0 Å². The Kier molecular flexibility index (Phi) is 8.50. The Hall–Kier alpha value is -2.70. The van der Waals surface area contributed by atoms with E-state index in [1.807, 2.05) is 4.90 Å². The minimum absolute atomic E-state index is 0.0607. The monoisotopic (exact) mass is 557 g/mol. The van der Waals surface area contributed by atoms with Crippen molar-refractivity contribution >= 4 is 11.8 Å². The summed E-state index contributed by atoms with van der Waals surface area (Å²) in [7, 11) is 0. The number of likely N-dealkylation sites (tertiary alicyclic amines) is 1. The summed E-state index contributed by atoms with van der Waals surface area (Å²) >= 11 is 0. The van der Waals surface area contributed by atoms with Gasteiger partial charge in [-0.25, -0.2) is 0 Å². The lowest BCUT2D eigenvalue weighted by Gasteiger charge is -2.52. The first-order valence-corrected chi connectivity index (χ1v) is 16.2. The number of carbonyl (C=O) groups excluding carboxylic acids is 2. The van der Waals surface area contributed by atoms with Crippen LogP contribution in [-0.4, -0.2) is 64.0 Å². The van der Waals surface area contributed by atoms with Crippen LogP contribution in [0.2, 0.25) is 0 Å². The van der Waals surface area contributed by atoms with Gasteiger partial charge in [-0.3, -0.25) is 14.5 Å². The van der Waals surface area contributed by atoms with Crippen LogP contribution in [0.15, 0.2) is 54.6 Å². The highest BCUT2D eigenvalue weighted by atomic mass is 16.3. The largest absolute Gasteiger partial charge is 0.390 e. The second-order valence-corrected chi connectivity index (χ2v) is 13.1. The number of piperazine rings is 1. The number of hydrogen-bond donors (Lipinski definition) is 2. The number of rotatable bonds is 9. The van der Waals surface area contributed by atoms with E-state index in [1.165, 1.54) is 29.5 Å². The first-order chi connectivity index (χ1) is 20.0. The van der Waals surface area contributed by atoms with E-state index in [0.717, 1.165) is 58.2 Å². The number of hydrogen-bond acceptors (Lipinski definition) is 4. The van der Waals surface area contributed by atoms with Gasteiger partial charge in [0, 0.05) is 26.2 Å². The number of amides is 2. The fourth-order valence-corrected chi connectivity index (χ4v) is 7.80. The summed E-state index contributed by atoms with van der Waals surface area (Å²) in [6, 6.07) is 19.1. The van der Waals surface area contributed by atoms with E-state index in [2.05, 4.69) is 71.7 Å². The minimum atomic E-state index is -0.808. The van der Waals surface area contributed by atoms with Crippen LogP contribution in [0.4, 0.5) is 0 Å². The van der Waals surface area contributed by atoms with Gasteiger partial charge >= 0.3 is 0 Å². The van der Waals surface area contributed by atoms with E-state index in [4.69, 9.17) is 0 Å². The molecular formula is C35H47N3O3. The van der Waals surface area contributed by atoms with Gasteiger partial charge in [-0.1, -0.05) is 87.2 Å². The Morgan fingerprint density at radius 3 is 2.24 bits per heavy atom. The molecule has 2 unspecified atom stereocenters. The number of unbranched alkanes of at least 4 members (excludes halogenated alkanes) is 1. The molecule has 2 saturated heterocycles. The van der Waals surface area contributed by atoms with E-state index in [9.17, 15) is 14.7 Å². The van der Waals surface area contributed by atoms with Crippen molar-refractivity contribution in [3.63, 3.8) is 0 Å². The SMILES string of the molecule is CCCCN1C(=O)[C@@H]([C@H](O)C2CCCCC2)NC(=O)C12CCN(Cc1ccc(C3CC3c3ccccc3)cc1)CC2. The molecule has 6 heteroatoms. The number of aliphatic hydroxyl groups excluding tert-OH is 1. The number of benzene rings is 2. The van der Waals surface area contributed by atoms with Gasteiger partial charge in [0.15, 0.2) is 0 Å². The van der Waals surface area contributed by atoms with Crippen molar-refractivity contribution in [2.45, 2.75) is 107 Å². The molecule has 0 radical (unpaired) electrons. The lowest BCUT2D eigenvalue weighted by molar-refractivity contribution is -0.166. The molecule has 6 nitrogen and oxygen atoms in total. The third-order valence-electron chi connectivity index (χ3n) is 10.5. The average Bonchev–Trinajstić information content (AvgIpc) is 3.82. The second kappa shape index (κ2) is 12.3. The summed E-state index contributed by atoms with van der Waals surface area (Å²) < 4.78 is 0. The molecule has 2 aliphatic carbocycles. The molecule has 2 heterocycles. The lowest BCUT2D eigenvalue weighted by atomic mass is 9.78. The highest BCUT2D eigenvalue weighted by Gasteiger charge is 2.55. The van der Waals surface area contributed by atoms with Crippen LogP contribution in [0.25, 0.3) is 0 Å². The van der Waals surface area contributed by atoms with Gasteiger partial charge in [-0.2, -0.15) is 0 Å². The van der Waals surface area contributed by atoms with Gasteiger partial charge in [0.1, 0.15) is 11.6 Å². The molecule has 4 atom stereocenters. The number of carbonyl (C=O) groups is 2. The van der Waals surface area contributed by atoms with Crippen LogP contribution in [0.1, 0.15) is 99.7 Å². The molecule has 0 bridgehead atoms. The molecule has 2 aromatic carbocycles. The number of nitrogens with one attached hydrogen (secondary N) is 1. The molecule has 2 saturated carbocycles. The number of piperidine rings is 1. The Morgan fingerprint density at radius 1 is 0.927 bits per heavy atom. The summed E-state index contributed by atoms with van der Waals surface area (Å²) in [5.74, 6) is 1.22. The summed E-state index contributed by atoms with van der Waals surface area (Å²) in [4.78, 5) is 31.9. The maximum Gasteiger partial charge on any atom is 0.248 e. The van der Waals surface area contributed by atoms with Crippen molar-refractivity contribution in [3.05, 3.63) is 71.3 Å². The zero-order chi connectivity index (χ0) is 28.4. The van der Waals surface area contributed by atoms with Crippen molar-refractivity contribution < 1.29 is 14.7 Å². The summed E-state index contributed by atoms with van der Waals surface area (Å²) in [6.45, 7) is 5.12. The topological polar surface area (TPSA) is 72.9 Å². The van der Waals surface area contributed by atoms with Crippen LogP contribution in [-0.2, 0) is 16.1 Å². The molecule has 2 aromatic rings. The molecule has 4 aliphatic rings. The molecule has 1 spiro atoms. The zero-order valence-corrected chi connectivity index (χ0v) is 24.6. The summed E-state index contributed by atoms with van der Waals surface area (Å²) in [6.07, 6.45) is 8.79. The van der Waals surface area contributed by atoms with Gasteiger partial charge < -0.3 is 15.3 Å². The Balaban J connectivity index is 1.08. The first-order valence-electron chi connectivity index (χ1n) is 16.2. The Bertz CT molecular complexity index is 1180. The van der Waals surface area contributed by atoms with Crippen LogP contribution < -0.4 is 5.32 Å². The number of aliphatic hydroxyl groups is 1. The third kappa shape index (κ3) is 5.83. The molecule has 2 amide bonds. The van der Waals surface area contributed by atoms with Crippen molar-refractivity contribution in [2.24, 2.45) is 5.92 Å². The van der Waals surface area contributed by atoms with E-state index in [1.54, 1.807) is 0 Å². The smallest absolute Gasteiger partial charge is 0.248 e. The van der Waals surface area contributed by atoms with Crippen LogP contribution in [0.5, 0.6) is 0 Å². The summed E-state index contributed by atoms with van der Waals surface area (Å²) in [5, 5.41) is 14.2. The van der Waals surface area contributed by atoms with E-state index in [-0.39, 0.29) is 17.7 Å². The molecular weight excluding hydrogens is 510 g/mol. The molecule has 2 N–H and O–H groups in total. The average molecular weight is 558 g/mol. The second-order valence-electron chi connectivity index (χ2n) is 13.1. The van der Waals surface area contributed by atoms with Crippen LogP contribution >= 0.6 is 0 Å². The number of nitrogens with zero attached hydrogens (tertiary/aromatic N) is 2. The Morgan fingerprint density at radius 2 is 1.59 bits per heavy atom. The van der Waals surface area contributed by atoms with Gasteiger partial charge in [0.05, 0.1) is 6.10 Å². The molecule has 0 aromatic heterocycles. The zero-order valence-electron chi connectivity index (χ0n) is 24.6. The van der Waals surface area contributed by atoms with E-state index >= 15 is 0 Å². The predicted molar refractivity (Wildman–Crippen MR) is 161 cm³/mol. The van der Waals surface area contributed by atoms with E-state index in [0.29, 0.717) is 31.2 Å². The lowest BCUT2D eigenvalue weighted by Crippen LogP contribution is -2.75. The predicted octanol–water partition coefficient (Wildman–Crippen LogP) is 5.36. The standard InChI is InChI=1S/C35H47N3O3/c1-2-3-20-38-33(40)31(32(39)28-12-8-5-9-13-28)36-34(41)35(38)18-21-37(22-19-35)24-25-14-16-27(17-15-25)30-23-29(30)26-10-6-4-7-11-26/h4,6-7,10-11,14-17,28-32,39H,2-3,5,8-9,12-13,18-24H2,1H3,(H,36,41)/t29?,30?,31-,32-/m1/s1. The maximum atomic E-state index is 13.9. The van der Waals surface area contributed by atoms with Gasteiger partial charge in [-0.05, 0) is 73.0 Å². The first kappa shape index (κ1) is 28.4. The van der Waals surface area contributed by atoms with Crippen LogP contribution in [0, 0.1) is 5.92 Å². The highest BCUT2D eigenvalue weighted by molar-refractivity contribution is 6.00. The van der Waals surface area contributed by atoms with Crippen molar-refractivity contribution in [3.8, 4) is 0 Å². The molecule has 4 fully saturated rings. The molecule has 6 rings (SSSR count).